The standard InChI is InChI=1S/C21H22ClN7O3S/c1-27-8-2-9-28(33(27)31)10-7-24-20-23-6-5-16(25-20)19-18(26-21-29(19)11-12-32-21)14-3-4-15(22)17(30)13-14/h3-6,11-13,30H,2,7-10H2,1H3,(H,23,24,25). The zero-order chi connectivity index (χ0) is 22.9. The molecule has 0 radical (unpaired) electrons. The lowest BCUT2D eigenvalue weighted by molar-refractivity contribution is 0.347. The van der Waals surface area contributed by atoms with Gasteiger partial charge in [-0.15, -0.1) is 0 Å². The van der Waals surface area contributed by atoms with Crippen molar-refractivity contribution >= 4 is 34.6 Å². The largest absolute Gasteiger partial charge is 0.506 e. The fourth-order valence-corrected chi connectivity index (χ4v) is 5.10. The summed E-state index contributed by atoms with van der Waals surface area (Å²) in [4.78, 5) is 13.6. The van der Waals surface area contributed by atoms with Crippen molar-refractivity contribution in [2.24, 2.45) is 0 Å². The number of halogens is 1. The maximum atomic E-state index is 12.4. The van der Waals surface area contributed by atoms with Crippen LogP contribution < -0.4 is 5.32 Å². The number of benzene rings is 1. The molecule has 0 bridgehead atoms. The van der Waals surface area contributed by atoms with E-state index >= 15 is 0 Å². The first-order chi connectivity index (χ1) is 16.0. The van der Waals surface area contributed by atoms with Gasteiger partial charge in [-0.25, -0.2) is 22.8 Å². The molecule has 3 aromatic heterocycles. The third-order valence-electron chi connectivity index (χ3n) is 5.39. The van der Waals surface area contributed by atoms with E-state index in [1.165, 1.54) is 0 Å². The van der Waals surface area contributed by atoms with Gasteiger partial charge in [-0.3, -0.25) is 4.40 Å². The number of nitrogens with zero attached hydrogens (tertiary/aromatic N) is 6. The van der Waals surface area contributed by atoms with E-state index in [0.717, 1.165) is 19.5 Å². The number of oxazole rings is 1. The number of hydrogen-bond donors (Lipinski definition) is 2. The predicted octanol–water partition coefficient (Wildman–Crippen LogP) is 3.04. The molecule has 12 heteroatoms. The van der Waals surface area contributed by atoms with Gasteiger partial charge in [0.05, 0.1) is 10.7 Å². The lowest BCUT2D eigenvalue weighted by Crippen LogP contribution is -2.45. The van der Waals surface area contributed by atoms with Gasteiger partial charge in [0, 0.05) is 51.2 Å². The molecule has 1 fully saturated rings. The lowest BCUT2D eigenvalue weighted by atomic mass is 10.1. The second kappa shape index (κ2) is 9.10. The van der Waals surface area contributed by atoms with Crippen LogP contribution in [0.25, 0.3) is 28.5 Å². The fourth-order valence-electron chi connectivity index (χ4n) is 3.77. The minimum absolute atomic E-state index is 0.0319. The van der Waals surface area contributed by atoms with Crippen molar-refractivity contribution in [2.75, 3.05) is 38.5 Å². The molecule has 33 heavy (non-hydrogen) atoms. The zero-order valence-corrected chi connectivity index (χ0v) is 19.4. The van der Waals surface area contributed by atoms with Crippen LogP contribution in [0.5, 0.6) is 5.75 Å². The Morgan fingerprint density at radius 2 is 2.15 bits per heavy atom. The molecule has 1 aromatic carbocycles. The first-order valence-electron chi connectivity index (χ1n) is 10.4. The van der Waals surface area contributed by atoms with Crippen LogP contribution in [0, 0.1) is 0 Å². The minimum Gasteiger partial charge on any atom is -0.506 e. The van der Waals surface area contributed by atoms with Crippen molar-refractivity contribution in [1.29, 1.82) is 0 Å². The molecule has 1 atom stereocenters. The Hall–Kier alpha value is -2.99. The summed E-state index contributed by atoms with van der Waals surface area (Å²) in [5.74, 6) is 0.821. The topological polar surface area (TPSA) is 112 Å². The number of nitrogens with one attached hydrogen (secondary N) is 1. The highest BCUT2D eigenvalue weighted by molar-refractivity contribution is 7.80. The second-order valence-corrected chi connectivity index (χ2v) is 9.60. The molecule has 10 nitrogen and oxygen atoms in total. The number of imidazole rings is 1. The summed E-state index contributed by atoms with van der Waals surface area (Å²) < 4.78 is 23.4. The molecule has 0 amide bonds. The maximum Gasteiger partial charge on any atom is 0.306 e. The molecule has 172 valence electrons. The third kappa shape index (κ3) is 4.32. The van der Waals surface area contributed by atoms with Gasteiger partial charge >= 0.3 is 5.84 Å². The molecule has 2 N–H and O–H groups in total. The van der Waals surface area contributed by atoms with E-state index in [1.54, 1.807) is 47.3 Å². The number of hydrogen-bond acceptors (Lipinski definition) is 7. The molecule has 1 saturated heterocycles. The average Bonchev–Trinajstić information content (AvgIpc) is 3.40. The number of fused-ring (bicyclic) bond motifs is 1. The highest BCUT2D eigenvalue weighted by Crippen LogP contribution is 2.35. The summed E-state index contributed by atoms with van der Waals surface area (Å²) in [6, 6.07) is 6.74. The summed E-state index contributed by atoms with van der Waals surface area (Å²) in [6.45, 7) is 2.79. The van der Waals surface area contributed by atoms with Gasteiger partial charge in [0.25, 0.3) is 0 Å². The van der Waals surface area contributed by atoms with Crippen LogP contribution in [-0.2, 0) is 11.2 Å². The number of anilines is 1. The number of aromatic nitrogens is 4. The van der Waals surface area contributed by atoms with Crippen LogP contribution in [0.3, 0.4) is 0 Å². The normalized spacial score (nSPS) is 17.6. The van der Waals surface area contributed by atoms with Crippen LogP contribution in [0.4, 0.5) is 5.95 Å². The van der Waals surface area contributed by atoms with E-state index in [2.05, 4.69) is 20.3 Å². The Kier molecular flexibility index (Phi) is 6.02. The Labute approximate surface area is 197 Å². The van der Waals surface area contributed by atoms with Crippen molar-refractivity contribution in [3.8, 4) is 28.4 Å². The monoisotopic (exact) mass is 487 g/mol. The number of aromatic hydroxyl groups is 1. The van der Waals surface area contributed by atoms with Gasteiger partial charge in [0.2, 0.25) is 5.95 Å². The van der Waals surface area contributed by atoms with E-state index < -0.39 is 11.2 Å². The van der Waals surface area contributed by atoms with E-state index in [0.29, 0.717) is 47.5 Å². The van der Waals surface area contributed by atoms with Gasteiger partial charge in [0.15, 0.2) is 11.2 Å². The maximum absolute atomic E-state index is 12.4. The lowest BCUT2D eigenvalue weighted by Gasteiger charge is -2.31. The Morgan fingerprint density at radius 3 is 3.00 bits per heavy atom. The number of rotatable bonds is 6. The zero-order valence-electron chi connectivity index (χ0n) is 17.8. The van der Waals surface area contributed by atoms with Crippen molar-refractivity contribution < 1.29 is 13.7 Å². The molecule has 5 rings (SSSR count). The van der Waals surface area contributed by atoms with Gasteiger partial charge in [-0.05, 0) is 24.6 Å². The molecule has 0 saturated carbocycles. The minimum atomic E-state index is -1.11. The highest BCUT2D eigenvalue weighted by Gasteiger charge is 2.23. The van der Waals surface area contributed by atoms with E-state index in [4.69, 9.17) is 16.0 Å². The van der Waals surface area contributed by atoms with Crippen LogP contribution in [0.2, 0.25) is 5.02 Å². The summed E-state index contributed by atoms with van der Waals surface area (Å²) in [6.07, 6.45) is 5.96. The summed E-state index contributed by atoms with van der Waals surface area (Å²) in [5.41, 5.74) is 2.60. The second-order valence-electron chi connectivity index (χ2n) is 7.59. The molecule has 4 aromatic rings. The van der Waals surface area contributed by atoms with Crippen LogP contribution in [0.15, 0.2) is 47.3 Å². The van der Waals surface area contributed by atoms with Gasteiger partial charge < -0.3 is 14.8 Å². The van der Waals surface area contributed by atoms with Crippen molar-refractivity contribution in [1.82, 2.24) is 28.0 Å². The fraction of sp³-hybridized carbons (Fsp3) is 0.286. The summed E-state index contributed by atoms with van der Waals surface area (Å²) in [7, 11) is 1.86. The molecule has 1 unspecified atom stereocenters. The van der Waals surface area contributed by atoms with Crippen molar-refractivity contribution in [3.63, 3.8) is 0 Å². The van der Waals surface area contributed by atoms with Gasteiger partial charge in [0.1, 0.15) is 23.4 Å². The predicted molar refractivity (Wildman–Crippen MR) is 126 cm³/mol. The van der Waals surface area contributed by atoms with Gasteiger partial charge in [-0.1, -0.05) is 17.7 Å². The smallest absolute Gasteiger partial charge is 0.306 e. The first kappa shape index (κ1) is 21.8. The average molecular weight is 488 g/mol. The first-order valence-corrected chi connectivity index (χ1v) is 11.9. The van der Waals surface area contributed by atoms with Gasteiger partial charge in [-0.2, -0.15) is 4.98 Å². The molecular formula is C21H22ClN7O3S. The van der Waals surface area contributed by atoms with Crippen molar-refractivity contribution in [2.45, 2.75) is 6.42 Å². The Bertz CT molecular complexity index is 1320. The number of phenolic OH excluding ortho intramolecular Hbond substituents is 1. The Balaban J connectivity index is 1.41. The SMILES string of the molecule is CN1CCCN(CCNc2nccc(-c3c(-c4ccc(Cl)c(O)c4)nc4occn34)n2)S1=O. The van der Waals surface area contributed by atoms with E-state index in [9.17, 15) is 9.32 Å². The van der Waals surface area contributed by atoms with E-state index in [1.807, 2.05) is 15.7 Å². The quantitative estimate of drug-likeness (QED) is 0.430. The number of phenols is 1. The van der Waals surface area contributed by atoms with Crippen LogP contribution >= 0.6 is 11.6 Å². The third-order valence-corrected chi connectivity index (χ3v) is 7.23. The molecular weight excluding hydrogens is 466 g/mol. The molecule has 4 heterocycles. The molecule has 0 spiro atoms. The van der Waals surface area contributed by atoms with E-state index in [-0.39, 0.29) is 10.8 Å². The van der Waals surface area contributed by atoms with Crippen LogP contribution in [0.1, 0.15) is 6.42 Å². The highest BCUT2D eigenvalue weighted by atomic mass is 35.5. The summed E-state index contributed by atoms with van der Waals surface area (Å²) in [5, 5.41) is 13.6. The van der Waals surface area contributed by atoms with Crippen LogP contribution in [-0.4, -0.2) is 70.5 Å². The van der Waals surface area contributed by atoms with Crippen molar-refractivity contribution in [3.05, 3.63) is 47.9 Å². The summed E-state index contributed by atoms with van der Waals surface area (Å²) >= 11 is 4.86. The molecule has 1 aliphatic heterocycles. The Morgan fingerprint density at radius 1 is 1.27 bits per heavy atom. The molecule has 1 aliphatic rings. The molecule has 0 aliphatic carbocycles.